The summed E-state index contributed by atoms with van der Waals surface area (Å²) in [6, 6.07) is 16.8. The number of rotatable bonds is 9. The zero-order valence-electron chi connectivity index (χ0n) is 17.6. The summed E-state index contributed by atoms with van der Waals surface area (Å²) in [6.07, 6.45) is 2.46. The van der Waals surface area contributed by atoms with Crippen LogP contribution in [0.25, 0.3) is 6.08 Å². The fourth-order valence-electron chi connectivity index (χ4n) is 3.04. The van der Waals surface area contributed by atoms with Gasteiger partial charge in [0.15, 0.2) is 11.5 Å². The minimum atomic E-state index is -0.671. The molecule has 6 nitrogen and oxygen atoms in total. The molecule has 3 rings (SSSR count). The van der Waals surface area contributed by atoms with Gasteiger partial charge in [-0.15, -0.1) is 11.3 Å². The van der Waals surface area contributed by atoms with Gasteiger partial charge >= 0.3 is 0 Å². The van der Waals surface area contributed by atoms with Gasteiger partial charge < -0.3 is 24.6 Å². The Balaban J connectivity index is 1.61. The molecule has 0 spiro atoms. The Hall–Kier alpha value is -3.29. The molecule has 3 aromatic rings. The van der Waals surface area contributed by atoms with E-state index in [1.807, 2.05) is 42.5 Å². The van der Waals surface area contributed by atoms with Gasteiger partial charge in [0.2, 0.25) is 11.7 Å². The number of hydrogen-bond donors (Lipinski definition) is 2. The first kappa shape index (κ1) is 22.4. The monoisotopic (exact) mass is 439 g/mol. The highest BCUT2D eigenvalue weighted by atomic mass is 32.1. The van der Waals surface area contributed by atoms with Crippen LogP contribution in [0.4, 0.5) is 0 Å². The number of amides is 1. The van der Waals surface area contributed by atoms with Crippen molar-refractivity contribution >= 4 is 23.3 Å². The molecule has 1 amide bonds. The molecule has 0 saturated carbocycles. The second-order valence-electron chi connectivity index (χ2n) is 6.63. The molecule has 0 unspecified atom stereocenters. The molecule has 0 aliphatic rings. The van der Waals surface area contributed by atoms with Crippen LogP contribution in [0, 0.1) is 0 Å². The summed E-state index contributed by atoms with van der Waals surface area (Å²) >= 11 is 1.47. The lowest BCUT2D eigenvalue weighted by Crippen LogP contribution is -2.19. The number of ether oxygens (including phenoxy) is 3. The highest BCUT2D eigenvalue weighted by Crippen LogP contribution is 2.38. The van der Waals surface area contributed by atoms with Crippen molar-refractivity contribution in [3.63, 3.8) is 0 Å². The van der Waals surface area contributed by atoms with E-state index in [4.69, 9.17) is 14.2 Å². The topological polar surface area (TPSA) is 77.0 Å². The number of carbonyl (C=O) groups excluding carboxylic acids is 1. The Kier molecular flexibility index (Phi) is 7.70. The molecule has 2 aromatic carbocycles. The maximum atomic E-state index is 12.3. The maximum Gasteiger partial charge on any atom is 0.244 e. The molecule has 1 aromatic heterocycles. The predicted molar refractivity (Wildman–Crippen MR) is 122 cm³/mol. The SMILES string of the molecule is COc1cc(/C=C/C(=O)NCc2ccc([C@H](O)c3ccccc3)s2)cc(OC)c1OC. The van der Waals surface area contributed by atoms with Gasteiger partial charge in [-0.2, -0.15) is 0 Å². The lowest BCUT2D eigenvalue weighted by Gasteiger charge is -2.12. The summed E-state index contributed by atoms with van der Waals surface area (Å²) < 4.78 is 16.0. The highest BCUT2D eigenvalue weighted by Gasteiger charge is 2.14. The van der Waals surface area contributed by atoms with Crippen molar-refractivity contribution in [3.05, 3.63) is 81.6 Å². The van der Waals surface area contributed by atoms with Gasteiger partial charge in [0.05, 0.1) is 27.9 Å². The lowest BCUT2D eigenvalue weighted by atomic mass is 10.1. The number of benzene rings is 2. The number of methoxy groups -OCH3 is 3. The Morgan fingerprint density at radius 1 is 1.03 bits per heavy atom. The average molecular weight is 440 g/mol. The Bertz CT molecular complexity index is 1020. The van der Waals surface area contributed by atoms with Crippen molar-refractivity contribution in [3.8, 4) is 17.2 Å². The van der Waals surface area contributed by atoms with Gasteiger partial charge in [0.25, 0.3) is 0 Å². The van der Waals surface area contributed by atoms with Crippen molar-refractivity contribution < 1.29 is 24.1 Å². The van der Waals surface area contributed by atoms with Gasteiger partial charge in [-0.3, -0.25) is 4.79 Å². The van der Waals surface area contributed by atoms with E-state index in [-0.39, 0.29) is 5.91 Å². The van der Waals surface area contributed by atoms with Crippen LogP contribution < -0.4 is 19.5 Å². The van der Waals surface area contributed by atoms with Crippen molar-refractivity contribution in [2.24, 2.45) is 0 Å². The molecular weight excluding hydrogens is 414 g/mol. The van der Waals surface area contributed by atoms with Gasteiger partial charge in [0.1, 0.15) is 6.10 Å². The number of nitrogens with one attached hydrogen (secondary N) is 1. The summed E-state index contributed by atoms with van der Waals surface area (Å²) in [5.41, 5.74) is 1.59. The van der Waals surface area contributed by atoms with Crippen LogP contribution in [0.3, 0.4) is 0 Å². The zero-order valence-corrected chi connectivity index (χ0v) is 18.4. The van der Waals surface area contributed by atoms with Crippen molar-refractivity contribution in [2.45, 2.75) is 12.6 Å². The third-order valence-electron chi connectivity index (χ3n) is 4.62. The number of carbonyl (C=O) groups is 1. The second kappa shape index (κ2) is 10.7. The maximum absolute atomic E-state index is 12.3. The largest absolute Gasteiger partial charge is 0.493 e. The fraction of sp³-hybridized carbons (Fsp3) is 0.208. The molecule has 0 aliphatic heterocycles. The molecule has 31 heavy (non-hydrogen) atoms. The van der Waals surface area contributed by atoms with Gasteiger partial charge in [-0.05, 0) is 41.5 Å². The quantitative estimate of drug-likeness (QED) is 0.489. The van der Waals surface area contributed by atoms with Crippen LogP contribution in [-0.4, -0.2) is 32.3 Å². The Labute approximate surface area is 185 Å². The van der Waals surface area contributed by atoms with E-state index >= 15 is 0 Å². The van der Waals surface area contributed by atoms with Crippen LogP contribution >= 0.6 is 11.3 Å². The van der Waals surface area contributed by atoms with Crippen molar-refractivity contribution in [1.82, 2.24) is 5.32 Å². The number of hydrogen-bond acceptors (Lipinski definition) is 6. The molecule has 0 radical (unpaired) electrons. The molecule has 1 atom stereocenters. The standard InChI is InChI=1S/C24H25NO5S/c1-28-19-13-16(14-20(29-2)24(19)30-3)9-12-22(26)25-15-18-10-11-21(31-18)23(27)17-7-5-4-6-8-17/h4-14,23,27H,15H2,1-3H3,(H,25,26)/b12-9+/t23-/m1/s1. The van der Waals surface area contributed by atoms with Crippen molar-refractivity contribution in [2.75, 3.05) is 21.3 Å². The van der Waals surface area contributed by atoms with Gasteiger partial charge in [0, 0.05) is 15.8 Å². The second-order valence-corrected chi connectivity index (χ2v) is 7.83. The van der Waals surface area contributed by atoms with Crippen LogP contribution in [0.5, 0.6) is 17.2 Å². The minimum Gasteiger partial charge on any atom is -0.493 e. The molecule has 1 heterocycles. The molecule has 2 N–H and O–H groups in total. The summed E-state index contributed by atoms with van der Waals surface area (Å²) in [6.45, 7) is 0.380. The lowest BCUT2D eigenvalue weighted by molar-refractivity contribution is -0.116. The van der Waals surface area contributed by atoms with E-state index < -0.39 is 6.10 Å². The molecule has 162 valence electrons. The van der Waals surface area contributed by atoms with Crippen LogP contribution in [0.2, 0.25) is 0 Å². The summed E-state index contributed by atoms with van der Waals surface area (Å²) in [4.78, 5) is 14.0. The van der Waals surface area contributed by atoms with E-state index in [1.165, 1.54) is 24.5 Å². The smallest absolute Gasteiger partial charge is 0.244 e. The van der Waals surface area contributed by atoms with E-state index in [1.54, 1.807) is 32.4 Å². The Morgan fingerprint density at radius 3 is 2.32 bits per heavy atom. The summed E-state index contributed by atoms with van der Waals surface area (Å²) in [5, 5.41) is 13.4. The van der Waals surface area contributed by atoms with E-state index in [2.05, 4.69) is 5.32 Å². The van der Waals surface area contributed by atoms with Crippen LogP contribution in [0.1, 0.15) is 27.0 Å². The summed E-state index contributed by atoms with van der Waals surface area (Å²) in [5.74, 6) is 1.31. The third kappa shape index (κ3) is 5.65. The first-order valence-corrected chi connectivity index (χ1v) is 10.4. The predicted octanol–water partition coefficient (Wildman–Crippen LogP) is 4.19. The number of thiophene rings is 1. The molecule has 7 heteroatoms. The molecule has 0 bridgehead atoms. The molecular formula is C24H25NO5S. The normalized spacial score (nSPS) is 11.9. The first-order valence-electron chi connectivity index (χ1n) is 9.63. The minimum absolute atomic E-state index is 0.229. The number of aliphatic hydroxyl groups excluding tert-OH is 1. The summed E-state index contributed by atoms with van der Waals surface area (Å²) in [7, 11) is 4.63. The van der Waals surface area contributed by atoms with Crippen LogP contribution in [-0.2, 0) is 11.3 Å². The Morgan fingerprint density at radius 2 is 1.71 bits per heavy atom. The molecule has 0 fully saturated rings. The first-order chi connectivity index (χ1) is 15.0. The highest BCUT2D eigenvalue weighted by molar-refractivity contribution is 7.12. The van der Waals surface area contributed by atoms with Gasteiger partial charge in [-0.1, -0.05) is 30.3 Å². The fourth-order valence-corrected chi connectivity index (χ4v) is 4.01. The van der Waals surface area contributed by atoms with Gasteiger partial charge in [-0.25, -0.2) is 0 Å². The molecule has 0 aliphatic carbocycles. The van der Waals surface area contributed by atoms with Crippen molar-refractivity contribution in [1.29, 1.82) is 0 Å². The number of aliphatic hydroxyl groups is 1. The third-order valence-corrected chi connectivity index (χ3v) is 5.76. The van der Waals surface area contributed by atoms with E-state index in [0.717, 1.165) is 20.9 Å². The average Bonchev–Trinajstić information content (AvgIpc) is 3.29. The molecule has 0 saturated heterocycles. The van der Waals surface area contributed by atoms with Crippen LogP contribution in [0.15, 0.2) is 60.7 Å². The van der Waals surface area contributed by atoms with E-state index in [0.29, 0.717) is 23.8 Å². The zero-order chi connectivity index (χ0) is 22.2. The van der Waals surface area contributed by atoms with E-state index in [9.17, 15) is 9.90 Å².